The van der Waals surface area contributed by atoms with E-state index in [0.29, 0.717) is 0 Å². The Morgan fingerprint density at radius 3 is 2.18 bits per heavy atom. The number of hydrogen-bond donors (Lipinski definition) is 1. The van der Waals surface area contributed by atoms with Gasteiger partial charge in [0.1, 0.15) is 0 Å². The van der Waals surface area contributed by atoms with E-state index in [2.05, 4.69) is 13.8 Å². The van der Waals surface area contributed by atoms with E-state index < -0.39 is 21.1 Å². The van der Waals surface area contributed by atoms with Crippen molar-refractivity contribution in [1.29, 1.82) is 0 Å². The van der Waals surface area contributed by atoms with Crippen molar-refractivity contribution in [3.05, 3.63) is 6.92 Å². The van der Waals surface area contributed by atoms with Gasteiger partial charge in [-0.15, -0.1) is 0 Å². The van der Waals surface area contributed by atoms with E-state index in [4.69, 9.17) is 5.11 Å². The van der Waals surface area contributed by atoms with Crippen LogP contribution in [-0.2, 0) is 3.08 Å². The zero-order valence-electron chi connectivity index (χ0n) is 7.38. The molecule has 0 aromatic heterocycles. The Balaban J connectivity index is 0. The van der Waals surface area contributed by atoms with Gasteiger partial charge in [-0.2, -0.15) is 0 Å². The Morgan fingerprint density at radius 2 is 2.09 bits per heavy atom. The summed E-state index contributed by atoms with van der Waals surface area (Å²) in [7, 11) is 0. The van der Waals surface area contributed by atoms with E-state index in [1.165, 1.54) is 12.8 Å². The van der Waals surface area contributed by atoms with E-state index in [-0.39, 0.29) is 6.61 Å². The SMILES string of the molecule is CCC[CH2][SnH]=[O].[CH2]CCCO. The van der Waals surface area contributed by atoms with Crippen LogP contribution in [0.1, 0.15) is 32.6 Å². The second-order valence-electron chi connectivity index (χ2n) is 2.24. The van der Waals surface area contributed by atoms with Crippen LogP contribution in [0.2, 0.25) is 4.44 Å². The molecule has 0 spiro atoms. The Hall–Kier alpha value is 0.559. The molecule has 0 atom stereocenters. The largest absolute Gasteiger partial charge is 0.396 e. The van der Waals surface area contributed by atoms with Gasteiger partial charge in [-0.3, -0.25) is 0 Å². The van der Waals surface area contributed by atoms with Crippen molar-refractivity contribution in [2.75, 3.05) is 6.61 Å². The van der Waals surface area contributed by atoms with Crippen LogP contribution in [0.3, 0.4) is 0 Å². The molecule has 67 valence electrons. The molecule has 0 heterocycles. The Bertz CT molecular complexity index is 65.1. The van der Waals surface area contributed by atoms with E-state index in [1.807, 2.05) is 0 Å². The van der Waals surface area contributed by atoms with Gasteiger partial charge in [0.25, 0.3) is 0 Å². The Kier molecular flexibility index (Phi) is 21.6. The molecule has 1 radical (unpaired) electrons. The van der Waals surface area contributed by atoms with Crippen LogP contribution in [-0.4, -0.2) is 32.8 Å². The molecule has 0 aromatic carbocycles. The van der Waals surface area contributed by atoms with Gasteiger partial charge in [0, 0.05) is 6.61 Å². The zero-order chi connectivity index (χ0) is 8.95. The molecule has 0 aliphatic rings. The first-order valence-electron chi connectivity index (χ1n) is 4.17. The summed E-state index contributed by atoms with van der Waals surface area (Å²) in [4.78, 5) is 0. The van der Waals surface area contributed by atoms with E-state index >= 15 is 0 Å². The monoisotopic (exact) mass is 267 g/mol. The third-order valence-corrected chi connectivity index (χ3v) is 2.92. The molecular weight excluding hydrogens is 247 g/mol. The first-order chi connectivity index (χ1) is 5.33. The first kappa shape index (κ1) is 14.1. The van der Waals surface area contributed by atoms with Crippen LogP contribution in [0.15, 0.2) is 0 Å². The molecule has 0 aromatic rings. The molecule has 1 N–H and O–H groups in total. The average Bonchev–Trinajstić information content (AvgIpc) is 2.04. The predicted molar refractivity (Wildman–Crippen MR) is 49.2 cm³/mol. The maximum atomic E-state index is 9.88. The molecule has 0 saturated carbocycles. The van der Waals surface area contributed by atoms with Crippen LogP contribution in [0, 0.1) is 6.92 Å². The minimum Gasteiger partial charge on any atom is -0.396 e. The van der Waals surface area contributed by atoms with Crippen molar-refractivity contribution in [2.24, 2.45) is 0 Å². The van der Waals surface area contributed by atoms with Gasteiger partial charge in [0.2, 0.25) is 0 Å². The number of hydrogen-bond acceptors (Lipinski definition) is 2. The molecule has 0 amide bonds. The summed E-state index contributed by atoms with van der Waals surface area (Å²) < 4.78 is 10.9. The number of aliphatic hydroxyl groups excluding tert-OH is 1. The van der Waals surface area contributed by atoms with Gasteiger partial charge < -0.3 is 5.11 Å². The quantitative estimate of drug-likeness (QED) is 0.606. The summed E-state index contributed by atoms with van der Waals surface area (Å²) in [6.45, 7) is 5.92. The van der Waals surface area contributed by atoms with Gasteiger partial charge in [-0.1, -0.05) is 13.3 Å². The maximum absolute atomic E-state index is 9.88. The summed E-state index contributed by atoms with van der Waals surface area (Å²) in [5.41, 5.74) is 0. The topological polar surface area (TPSA) is 37.3 Å². The molecule has 2 nitrogen and oxygen atoms in total. The standard InChI is InChI=1S/C4H9O.C4H9.O.Sn.H/c1-2-3-4-5;1-3-4-2;;;/h5H,1-4H2;1,3-4H2,2H3;;;. The van der Waals surface area contributed by atoms with Crippen molar-refractivity contribution >= 4 is 21.1 Å². The van der Waals surface area contributed by atoms with Crippen molar-refractivity contribution in [1.82, 2.24) is 0 Å². The summed E-state index contributed by atoms with van der Waals surface area (Å²) in [5.74, 6) is 0. The van der Waals surface area contributed by atoms with Crippen LogP contribution in [0.4, 0.5) is 0 Å². The number of rotatable bonds is 5. The fourth-order valence-electron chi connectivity index (χ4n) is 0.399. The van der Waals surface area contributed by atoms with Crippen molar-refractivity contribution in [3.63, 3.8) is 0 Å². The second-order valence-corrected chi connectivity index (χ2v) is 4.84. The number of aliphatic hydroxyl groups is 1. The predicted octanol–water partition coefficient (Wildman–Crippen LogP) is 1.58. The Labute approximate surface area is 80.0 Å². The molecule has 11 heavy (non-hydrogen) atoms. The number of unbranched alkanes of at least 4 members (excludes halogenated alkanes) is 2. The van der Waals surface area contributed by atoms with Crippen LogP contribution in [0.5, 0.6) is 0 Å². The fourth-order valence-corrected chi connectivity index (χ4v) is 2.04. The third kappa shape index (κ3) is 25.0. The zero-order valence-corrected chi connectivity index (χ0v) is 10.7. The van der Waals surface area contributed by atoms with Gasteiger partial charge in [0.15, 0.2) is 0 Å². The van der Waals surface area contributed by atoms with Crippen molar-refractivity contribution in [3.8, 4) is 0 Å². The summed E-state index contributed by atoms with van der Waals surface area (Å²) in [5, 5.41) is 8.03. The van der Waals surface area contributed by atoms with E-state index in [0.717, 1.165) is 17.3 Å². The molecule has 0 unspecified atom stereocenters. The molecule has 0 rings (SSSR count). The van der Waals surface area contributed by atoms with Gasteiger partial charge >= 0.3 is 48.4 Å². The minimum atomic E-state index is -1.20. The maximum Gasteiger partial charge on any atom is 0.0431 e. The molecule has 0 aliphatic carbocycles. The minimum absolute atomic E-state index is 0.281. The molecule has 0 fully saturated rings. The summed E-state index contributed by atoms with van der Waals surface area (Å²) in [6.07, 6.45) is 4.06. The average molecular weight is 266 g/mol. The van der Waals surface area contributed by atoms with Crippen LogP contribution in [0.25, 0.3) is 0 Å². The normalized spacial score (nSPS) is 8.27. The van der Waals surface area contributed by atoms with Gasteiger partial charge in [-0.25, -0.2) is 0 Å². The van der Waals surface area contributed by atoms with E-state index in [9.17, 15) is 3.08 Å². The van der Waals surface area contributed by atoms with Crippen LogP contribution < -0.4 is 0 Å². The molecular formula is C8H19O2Sn. The van der Waals surface area contributed by atoms with E-state index in [1.54, 1.807) is 0 Å². The first-order valence-corrected chi connectivity index (χ1v) is 7.84. The molecule has 3 heteroatoms. The fraction of sp³-hybridized carbons (Fsp3) is 0.875. The summed E-state index contributed by atoms with van der Waals surface area (Å²) >= 11 is -1.20. The summed E-state index contributed by atoms with van der Waals surface area (Å²) in [6, 6.07) is 0. The smallest absolute Gasteiger partial charge is 0.0431 e. The molecule has 0 bridgehead atoms. The third-order valence-electron chi connectivity index (χ3n) is 1.08. The van der Waals surface area contributed by atoms with Crippen LogP contribution >= 0.6 is 0 Å². The second kappa shape index (κ2) is 16.9. The van der Waals surface area contributed by atoms with Gasteiger partial charge in [0.05, 0.1) is 0 Å². The van der Waals surface area contributed by atoms with Gasteiger partial charge in [-0.05, 0) is 6.42 Å². The molecule has 0 saturated heterocycles. The Morgan fingerprint density at radius 1 is 1.45 bits per heavy atom. The van der Waals surface area contributed by atoms with Crippen molar-refractivity contribution in [2.45, 2.75) is 37.0 Å². The van der Waals surface area contributed by atoms with Crippen molar-refractivity contribution < 1.29 is 8.18 Å². The molecule has 0 aliphatic heterocycles.